The molecule has 1 aromatic heterocycles. The fraction of sp³-hybridized carbons (Fsp3) is 0.167. The number of fused-ring (bicyclic) bond motifs is 1. The van der Waals surface area contributed by atoms with Crippen molar-refractivity contribution in [2.45, 2.75) is 20.0 Å². The van der Waals surface area contributed by atoms with Crippen molar-refractivity contribution >= 4 is 34.8 Å². The number of anilines is 2. The molecule has 0 saturated heterocycles. The van der Waals surface area contributed by atoms with Gasteiger partial charge in [-0.25, -0.2) is 4.98 Å². The number of para-hydroxylation sites is 1. The van der Waals surface area contributed by atoms with E-state index in [0.29, 0.717) is 0 Å². The molecular weight excluding hydrogens is 296 g/mol. The molecule has 0 spiro atoms. The Bertz CT molecular complexity index is 744. The van der Waals surface area contributed by atoms with Crippen LogP contribution in [0.4, 0.5) is 11.5 Å². The van der Waals surface area contributed by atoms with Gasteiger partial charge in [-0.2, -0.15) is 0 Å². The summed E-state index contributed by atoms with van der Waals surface area (Å²) in [7, 11) is 0. The minimum Gasteiger partial charge on any atom is -0.491 e. The molecule has 114 valence electrons. The summed E-state index contributed by atoms with van der Waals surface area (Å²) in [4.78, 5) is 4.62. The number of ether oxygens (including phenoxy) is 1. The zero-order valence-electron chi connectivity index (χ0n) is 12.6. The van der Waals surface area contributed by atoms with Crippen LogP contribution in [0.15, 0.2) is 60.7 Å². The molecule has 1 N–H and O–H groups in total. The molecule has 0 radical (unpaired) electrons. The van der Waals surface area contributed by atoms with Crippen LogP contribution in [0.25, 0.3) is 10.9 Å². The minimum absolute atomic E-state index is 0. The van der Waals surface area contributed by atoms with Gasteiger partial charge in [0.2, 0.25) is 0 Å². The maximum absolute atomic E-state index is 5.70. The zero-order valence-corrected chi connectivity index (χ0v) is 13.4. The fourth-order valence-electron chi connectivity index (χ4n) is 2.19. The van der Waals surface area contributed by atoms with Crippen molar-refractivity contribution in [3.63, 3.8) is 0 Å². The normalized spacial score (nSPS) is 10.3. The molecule has 0 fully saturated rings. The van der Waals surface area contributed by atoms with E-state index >= 15 is 0 Å². The smallest absolute Gasteiger partial charge is 0.131 e. The number of aromatic nitrogens is 1. The molecule has 0 aliphatic rings. The molecule has 0 aliphatic heterocycles. The highest BCUT2D eigenvalue weighted by molar-refractivity contribution is 5.85. The third-order valence-electron chi connectivity index (χ3n) is 3.08. The van der Waals surface area contributed by atoms with Gasteiger partial charge in [-0.3, -0.25) is 0 Å². The van der Waals surface area contributed by atoms with Crippen LogP contribution in [0.3, 0.4) is 0 Å². The number of nitrogens with zero attached hydrogens (tertiary/aromatic N) is 1. The summed E-state index contributed by atoms with van der Waals surface area (Å²) < 4.78 is 5.70. The fourth-order valence-corrected chi connectivity index (χ4v) is 2.19. The Morgan fingerprint density at radius 1 is 0.955 bits per heavy atom. The van der Waals surface area contributed by atoms with Crippen molar-refractivity contribution in [2.75, 3.05) is 5.32 Å². The summed E-state index contributed by atoms with van der Waals surface area (Å²) in [6.07, 6.45) is 0.175. The minimum atomic E-state index is 0. The monoisotopic (exact) mass is 314 g/mol. The largest absolute Gasteiger partial charge is 0.491 e. The van der Waals surface area contributed by atoms with Gasteiger partial charge in [0.05, 0.1) is 11.6 Å². The highest BCUT2D eigenvalue weighted by atomic mass is 35.5. The Kier molecular flexibility index (Phi) is 5.23. The van der Waals surface area contributed by atoms with Gasteiger partial charge in [-0.05, 0) is 56.3 Å². The maximum Gasteiger partial charge on any atom is 0.131 e. The second kappa shape index (κ2) is 7.14. The van der Waals surface area contributed by atoms with Crippen LogP contribution in [-0.4, -0.2) is 11.1 Å². The summed E-state index contributed by atoms with van der Waals surface area (Å²) >= 11 is 0. The zero-order chi connectivity index (χ0) is 14.7. The first-order chi connectivity index (χ1) is 10.2. The number of benzene rings is 2. The molecule has 0 aliphatic carbocycles. The molecule has 0 atom stereocenters. The van der Waals surface area contributed by atoms with E-state index in [2.05, 4.69) is 16.4 Å². The number of rotatable bonds is 4. The summed E-state index contributed by atoms with van der Waals surface area (Å²) in [6.45, 7) is 4.05. The van der Waals surface area contributed by atoms with Crippen LogP contribution < -0.4 is 10.1 Å². The van der Waals surface area contributed by atoms with Gasteiger partial charge < -0.3 is 10.1 Å². The predicted octanol–water partition coefficient (Wildman–Crippen LogP) is 5.19. The lowest BCUT2D eigenvalue weighted by atomic mass is 10.2. The lowest BCUT2D eigenvalue weighted by Crippen LogP contribution is -2.05. The van der Waals surface area contributed by atoms with Crippen LogP contribution in [0.1, 0.15) is 13.8 Å². The molecule has 3 aromatic rings. The maximum atomic E-state index is 5.70. The van der Waals surface area contributed by atoms with Gasteiger partial charge in [0, 0.05) is 11.1 Å². The lowest BCUT2D eigenvalue weighted by Gasteiger charge is -2.11. The molecule has 22 heavy (non-hydrogen) atoms. The molecule has 0 saturated carbocycles. The molecule has 2 aromatic carbocycles. The Hall–Kier alpha value is -2.26. The van der Waals surface area contributed by atoms with Crippen molar-refractivity contribution in [3.8, 4) is 5.75 Å². The summed E-state index contributed by atoms with van der Waals surface area (Å²) in [6, 6.07) is 20.0. The first kappa shape index (κ1) is 16.1. The van der Waals surface area contributed by atoms with E-state index in [1.54, 1.807) is 0 Å². The van der Waals surface area contributed by atoms with Crippen LogP contribution in [-0.2, 0) is 0 Å². The molecule has 0 bridgehead atoms. The van der Waals surface area contributed by atoms with E-state index in [0.717, 1.165) is 28.2 Å². The average Bonchev–Trinajstić information content (AvgIpc) is 2.48. The Labute approximate surface area is 136 Å². The molecule has 3 rings (SSSR count). The molecular formula is C18H19ClN2O. The second-order valence-electron chi connectivity index (χ2n) is 5.21. The van der Waals surface area contributed by atoms with Gasteiger partial charge in [0.15, 0.2) is 0 Å². The van der Waals surface area contributed by atoms with Crippen molar-refractivity contribution < 1.29 is 4.74 Å². The quantitative estimate of drug-likeness (QED) is 0.719. The number of hydrogen-bond acceptors (Lipinski definition) is 3. The highest BCUT2D eigenvalue weighted by Gasteiger charge is 2.02. The van der Waals surface area contributed by atoms with Crippen molar-refractivity contribution in [3.05, 3.63) is 60.7 Å². The van der Waals surface area contributed by atoms with E-state index in [1.165, 1.54) is 0 Å². The number of nitrogens with one attached hydrogen (secondary N) is 1. The lowest BCUT2D eigenvalue weighted by molar-refractivity contribution is 0.243. The van der Waals surface area contributed by atoms with Gasteiger partial charge in [0.1, 0.15) is 11.6 Å². The Morgan fingerprint density at radius 3 is 2.45 bits per heavy atom. The van der Waals surface area contributed by atoms with Gasteiger partial charge >= 0.3 is 0 Å². The van der Waals surface area contributed by atoms with Gasteiger partial charge in [-0.1, -0.05) is 18.2 Å². The standard InChI is InChI=1S/C18H18N2O.ClH/c1-13(2)21-16-9-10-17-14(12-16)8-11-18(20-17)19-15-6-4-3-5-7-15;/h3-13H,1-2H3,(H,19,20);1H. The first-order valence-corrected chi connectivity index (χ1v) is 7.10. The number of hydrogen-bond donors (Lipinski definition) is 1. The Morgan fingerprint density at radius 2 is 1.73 bits per heavy atom. The summed E-state index contributed by atoms with van der Waals surface area (Å²) in [5.41, 5.74) is 1.98. The van der Waals surface area contributed by atoms with Crippen LogP contribution in [0, 0.1) is 0 Å². The summed E-state index contributed by atoms with van der Waals surface area (Å²) in [5, 5.41) is 4.38. The van der Waals surface area contributed by atoms with E-state index in [-0.39, 0.29) is 18.5 Å². The number of halogens is 1. The average molecular weight is 315 g/mol. The molecule has 3 nitrogen and oxygen atoms in total. The van der Waals surface area contributed by atoms with Crippen LogP contribution in [0.5, 0.6) is 5.75 Å². The molecule has 4 heteroatoms. The Balaban J connectivity index is 0.00000176. The third-order valence-corrected chi connectivity index (χ3v) is 3.08. The topological polar surface area (TPSA) is 34.1 Å². The molecule has 1 heterocycles. The van der Waals surface area contributed by atoms with E-state index in [9.17, 15) is 0 Å². The molecule has 0 unspecified atom stereocenters. The van der Waals surface area contributed by atoms with Crippen LogP contribution >= 0.6 is 12.4 Å². The molecule has 0 amide bonds. The first-order valence-electron chi connectivity index (χ1n) is 7.10. The highest BCUT2D eigenvalue weighted by Crippen LogP contribution is 2.23. The second-order valence-corrected chi connectivity index (χ2v) is 5.21. The van der Waals surface area contributed by atoms with E-state index in [1.807, 2.05) is 68.4 Å². The van der Waals surface area contributed by atoms with Crippen molar-refractivity contribution in [1.29, 1.82) is 0 Å². The van der Waals surface area contributed by atoms with E-state index in [4.69, 9.17) is 4.74 Å². The van der Waals surface area contributed by atoms with Gasteiger partial charge in [-0.15, -0.1) is 12.4 Å². The van der Waals surface area contributed by atoms with E-state index < -0.39 is 0 Å². The third kappa shape index (κ3) is 3.89. The van der Waals surface area contributed by atoms with Crippen LogP contribution in [0.2, 0.25) is 0 Å². The summed E-state index contributed by atoms with van der Waals surface area (Å²) in [5.74, 6) is 1.72. The SMILES string of the molecule is CC(C)Oc1ccc2nc(Nc3ccccc3)ccc2c1.Cl. The van der Waals surface area contributed by atoms with Crippen molar-refractivity contribution in [2.24, 2.45) is 0 Å². The van der Waals surface area contributed by atoms with Gasteiger partial charge in [0.25, 0.3) is 0 Å². The van der Waals surface area contributed by atoms with Crippen molar-refractivity contribution in [1.82, 2.24) is 4.98 Å². The number of pyridine rings is 1. The predicted molar refractivity (Wildman–Crippen MR) is 94.5 cm³/mol.